The van der Waals surface area contributed by atoms with Crippen molar-refractivity contribution in [1.29, 1.82) is 0 Å². The molecule has 2 rings (SSSR count). The molecule has 3 nitrogen and oxygen atoms in total. The number of ether oxygens (including phenoxy) is 1. The molecule has 0 unspecified atom stereocenters. The Balaban J connectivity index is 2.22. The summed E-state index contributed by atoms with van der Waals surface area (Å²) >= 11 is 11.9. The number of anilines is 3. The van der Waals surface area contributed by atoms with Crippen LogP contribution in [0, 0.1) is 0 Å². The Morgan fingerprint density at radius 2 is 1.95 bits per heavy atom. The first-order chi connectivity index (χ1) is 9.61. The molecule has 20 heavy (non-hydrogen) atoms. The van der Waals surface area contributed by atoms with Gasteiger partial charge in [0.05, 0.1) is 28.0 Å². The summed E-state index contributed by atoms with van der Waals surface area (Å²) in [4.78, 5) is 0. The second-order valence-corrected chi connectivity index (χ2v) is 5.13. The summed E-state index contributed by atoms with van der Waals surface area (Å²) in [5, 5.41) is 4.22. The summed E-state index contributed by atoms with van der Waals surface area (Å²) in [6.07, 6.45) is 0.934. The first kappa shape index (κ1) is 14.8. The quantitative estimate of drug-likeness (QED) is 0.754. The normalized spacial score (nSPS) is 10.3. The molecule has 0 bridgehead atoms. The Labute approximate surface area is 128 Å². The third-order valence-electron chi connectivity index (χ3n) is 2.73. The predicted molar refractivity (Wildman–Crippen MR) is 86.4 cm³/mol. The van der Waals surface area contributed by atoms with Gasteiger partial charge < -0.3 is 15.8 Å². The van der Waals surface area contributed by atoms with Crippen LogP contribution in [-0.4, -0.2) is 6.61 Å². The van der Waals surface area contributed by atoms with E-state index < -0.39 is 0 Å². The molecule has 0 atom stereocenters. The molecule has 106 valence electrons. The van der Waals surface area contributed by atoms with E-state index in [-0.39, 0.29) is 0 Å². The van der Waals surface area contributed by atoms with E-state index in [9.17, 15) is 0 Å². The van der Waals surface area contributed by atoms with Gasteiger partial charge in [0.1, 0.15) is 5.75 Å². The second kappa shape index (κ2) is 6.73. The van der Waals surface area contributed by atoms with E-state index in [1.54, 1.807) is 12.1 Å². The number of hydrogen-bond acceptors (Lipinski definition) is 3. The highest BCUT2D eigenvalue weighted by atomic mass is 35.5. The minimum atomic E-state index is 0.494. The topological polar surface area (TPSA) is 47.3 Å². The summed E-state index contributed by atoms with van der Waals surface area (Å²) < 4.78 is 5.59. The van der Waals surface area contributed by atoms with Crippen LogP contribution in [0.4, 0.5) is 17.1 Å². The lowest BCUT2D eigenvalue weighted by atomic mass is 10.2. The Bertz CT molecular complexity index is 602. The van der Waals surface area contributed by atoms with E-state index in [0.717, 1.165) is 17.8 Å². The molecular formula is C15H16Cl2N2O. The van der Waals surface area contributed by atoms with Gasteiger partial charge in [0.15, 0.2) is 0 Å². The lowest BCUT2D eigenvalue weighted by molar-refractivity contribution is 0.319. The standard InChI is InChI=1S/C15H16Cl2N2O/c1-2-8-20-14-5-3-4-13(15(14)18)19-10-6-7-11(16)12(17)9-10/h3-7,9,19H,2,8,18H2,1H3. The van der Waals surface area contributed by atoms with Crippen LogP contribution in [0.1, 0.15) is 13.3 Å². The average molecular weight is 311 g/mol. The Hall–Kier alpha value is -1.58. The van der Waals surface area contributed by atoms with Crippen molar-refractivity contribution in [3.05, 3.63) is 46.4 Å². The maximum absolute atomic E-state index is 6.09. The summed E-state index contributed by atoms with van der Waals surface area (Å²) in [7, 11) is 0. The molecule has 0 aliphatic rings. The van der Waals surface area contributed by atoms with E-state index >= 15 is 0 Å². The van der Waals surface area contributed by atoms with Gasteiger partial charge in [0.25, 0.3) is 0 Å². The smallest absolute Gasteiger partial charge is 0.144 e. The van der Waals surface area contributed by atoms with Crippen LogP contribution in [0.5, 0.6) is 5.75 Å². The van der Waals surface area contributed by atoms with Crippen molar-refractivity contribution in [2.75, 3.05) is 17.7 Å². The van der Waals surface area contributed by atoms with Crippen LogP contribution in [0.3, 0.4) is 0 Å². The van der Waals surface area contributed by atoms with Crippen molar-refractivity contribution < 1.29 is 4.74 Å². The van der Waals surface area contributed by atoms with Crippen LogP contribution < -0.4 is 15.8 Å². The fraction of sp³-hybridized carbons (Fsp3) is 0.200. The number of para-hydroxylation sites is 1. The minimum Gasteiger partial charge on any atom is -0.491 e. The SMILES string of the molecule is CCCOc1cccc(Nc2ccc(Cl)c(Cl)c2)c1N. The molecule has 0 saturated carbocycles. The number of nitrogens with two attached hydrogens (primary N) is 1. The lowest BCUT2D eigenvalue weighted by Crippen LogP contribution is -2.02. The fourth-order valence-corrected chi connectivity index (χ4v) is 2.02. The van der Waals surface area contributed by atoms with Gasteiger partial charge in [0, 0.05) is 5.69 Å². The molecule has 2 aromatic rings. The fourth-order valence-electron chi connectivity index (χ4n) is 1.72. The summed E-state index contributed by atoms with van der Waals surface area (Å²) in [6, 6.07) is 11.0. The predicted octanol–water partition coefficient (Wildman–Crippen LogP) is 5.11. The third-order valence-corrected chi connectivity index (χ3v) is 3.47. The van der Waals surface area contributed by atoms with Gasteiger partial charge in [-0.1, -0.05) is 36.2 Å². The molecule has 0 amide bonds. The van der Waals surface area contributed by atoms with Crippen molar-refractivity contribution in [3.63, 3.8) is 0 Å². The van der Waals surface area contributed by atoms with E-state index in [2.05, 4.69) is 5.32 Å². The third kappa shape index (κ3) is 3.50. The van der Waals surface area contributed by atoms with Crippen molar-refractivity contribution in [1.82, 2.24) is 0 Å². The number of hydrogen-bond donors (Lipinski definition) is 2. The first-order valence-corrected chi connectivity index (χ1v) is 7.10. The molecule has 2 aromatic carbocycles. The summed E-state index contributed by atoms with van der Waals surface area (Å²) in [5.74, 6) is 0.678. The van der Waals surface area contributed by atoms with Gasteiger partial charge in [-0.25, -0.2) is 0 Å². The van der Waals surface area contributed by atoms with E-state index in [1.807, 2.05) is 31.2 Å². The van der Waals surface area contributed by atoms with Crippen molar-refractivity contribution in [3.8, 4) is 5.75 Å². The van der Waals surface area contributed by atoms with Gasteiger partial charge in [-0.15, -0.1) is 0 Å². The first-order valence-electron chi connectivity index (χ1n) is 6.35. The van der Waals surface area contributed by atoms with Crippen molar-refractivity contribution in [2.24, 2.45) is 0 Å². The minimum absolute atomic E-state index is 0.494. The molecule has 5 heteroatoms. The summed E-state index contributed by atoms with van der Waals surface area (Å²) in [6.45, 7) is 2.69. The number of rotatable bonds is 5. The molecule has 0 fully saturated rings. The highest BCUT2D eigenvalue weighted by Crippen LogP contribution is 2.33. The van der Waals surface area contributed by atoms with E-state index in [1.165, 1.54) is 0 Å². The molecule has 0 saturated heterocycles. The maximum Gasteiger partial charge on any atom is 0.144 e. The largest absolute Gasteiger partial charge is 0.491 e. The van der Waals surface area contributed by atoms with Gasteiger partial charge >= 0.3 is 0 Å². The molecule has 0 aliphatic carbocycles. The van der Waals surface area contributed by atoms with Crippen LogP contribution in [0.15, 0.2) is 36.4 Å². The molecule has 0 spiro atoms. The Kier molecular flexibility index (Phi) is 4.99. The maximum atomic E-state index is 6.09. The zero-order valence-electron chi connectivity index (χ0n) is 11.1. The van der Waals surface area contributed by atoms with Crippen molar-refractivity contribution in [2.45, 2.75) is 13.3 Å². The van der Waals surface area contributed by atoms with Gasteiger partial charge in [-0.2, -0.15) is 0 Å². The number of nitrogen functional groups attached to an aromatic ring is 1. The summed E-state index contributed by atoms with van der Waals surface area (Å²) in [5.41, 5.74) is 8.26. The monoisotopic (exact) mass is 310 g/mol. The second-order valence-electron chi connectivity index (χ2n) is 4.32. The Morgan fingerprint density at radius 1 is 1.15 bits per heavy atom. The zero-order valence-corrected chi connectivity index (χ0v) is 12.6. The number of halogens is 2. The van der Waals surface area contributed by atoms with Gasteiger partial charge in [-0.3, -0.25) is 0 Å². The van der Waals surface area contributed by atoms with Gasteiger partial charge in [-0.05, 0) is 36.8 Å². The molecule has 0 radical (unpaired) electrons. The van der Waals surface area contributed by atoms with Crippen LogP contribution in [0.25, 0.3) is 0 Å². The van der Waals surface area contributed by atoms with Gasteiger partial charge in [0.2, 0.25) is 0 Å². The Morgan fingerprint density at radius 3 is 2.65 bits per heavy atom. The highest BCUT2D eigenvalue weighted by molar-refractivity contribution is 6.42. The highest BCUT2D eigenvalue weighted by Gasteiger charge is 2.07. The lowest BCUT2D eigenvalue weighted by Gasteiger charge is -2.14. The number of nitrogens with one attached hydrogen (secondary N) is 1. The molecule has 3 N–H and O–H groups in total. The van der Waals surface area contributed by atoms with E-state index in [0.29, 0.717) is 28.1 Å². The van der Waals surface area contributed by atoms with Crippen LogP contribution in [-0.2, 0) is 0 Å². The van der Waals surface area contributed by atoms with Crippen LogP contribution in [0.2, 0.25) is 10.0 Å². The van der Waals surface area contributed by atoms with E-state index in [4.69, 9.17) is 33.7 Å². The zero-order chi connectivity index (χ0) is 14.5. The molecule has 0 aliphatic heterocycles. The number of benzene rings is 2. The van der Waals surface area contributed by atoms with Crippen molar-refractivity contribution >= 4 is 40.3 Å². The molecular weight excluding hydrogens is 295 g/mol. The molecule has 0 heterocycles. The average Bonchev–Trinajstić information content (AvgIpc) is 2.44. The van der Waals surface area contributed by atoms with Crippen LogP contribution >= 0.6 is 23.2 Å². The molecule has 0 aromatic heterocycles.